The maximum absolute atomic E-state index is 2.35. The molecular formula is C15H13P. The minimum atomic E-state index is 0.855. The molecule has 1 atom stereocenters. The average molecular weight is 224 g/mol. The first kappa shape index (κ1) is 9.69. The molecule has 78 valence electrons. The molecule has 1 heteroatoms. The van der Waals surface area contributed by atoms with Gasteiger partial charge in [-0.2, -0.15) is 0 Å². The lowest BCUT2D eigenvalue weighted by Gasteiger charge is -2.00. The fourth-order valence-electron chi connectivity index (χ4n) is 2.09. The highest BCUT2D eigenvalue weighted by Gasteiger charge is 2.02. The molecule has 0 fully saturated rings. The molecule has 3 aromatic rings. The van der Waals surface area contributed by atoms with Crippen molar-refractivity contribution in [2.75, 3.05) is 0 Å². The van der Waals surface area contributed by atoms with Crippen LogP contribution in [0.2, 0.25) is 0 Å². The topological polar surface area (TPSA) is 0 Å². The molecule has 0 aliphatic heterocycles. The largest absolute Gasteiger partial charge is 0.135 e. The Balaban J connectivity index is 2.01. The van der Waals surface area contributed by atoms with Gasteiger partial charge in [-0.3, -0.25) is 0 Å². The van der Waals surface area contributed by atoms with Crippen molar-refractivity contribution in [3.63, 3.8) is 0 Å². The number of hydrogen-bond acceptors (Lipinski definition) is 0. The molecule has 0 radical (unpaired) electrons. The SMILES string of the molecule is c1ccc(Cc2[pH]cc3ccccc23)cc1. The van der Waals surface area contributed by atoms with Crippen molar-refractivity contribution in [1.29, 1.82) is 0 Å². The van der Waals surface area contributed by atoms with E-state index in [1.807, 2.05) is 0 Å². The Morgan fingerprint density at radius 3 is 2.44 bits per heavy atom. The summed E-state index contributed by atoms with van der Waals surface area (Å²) in [5.74, 6) is 2.35. The van der Waals surface area contributed by atoms with Crippen molar-refractivity contribution < 1.29 is 0 Å². The zero-order valence-corrected chi connectivity index (χ0v) is 9.98. The first-order chi connectivity index (χ1) is 7.93. The third-order valence-corrected chi connectivity index (χ3v) is 4.16. The highest BCUT2D eigenvalue weighted by molar-refractivity contribution is 7.31. The van der Waals surface area contributed by atoms with Gasteiger partial charge in [0, 0.05) is 6.42 Å². The van der Waals surface area contributed by atoms with Gasteiger partial charge >= 0.3 is 0 Å². The number of hydrogen-bond donors (Lipinski definition) is 0. The Hall–Kier alpha value is -1.52. The van der Waals surface area contributed by atoms with E-state index in [1.54, 1.807) is 5.30 Å². The van der Waals surface area contributed by atoms with Crippen LogP contribution in [-0.2, 0) is 6.42 Å². The summed E-state index contributed by atoms with van der Waals surface area (Å²) in [5, 5.41) is 4.43. The summed E-state index contributed by atoms with van der Waals surface area (Å²) in [6, 6.07) is 19.4. The molecule has 0 bridgehead atoms. The van der Waals surface area contributed by atoms with E-state index in [-0.39, 0.29) is 0 Å². The molecule has 2 aromatic carbocycles. The van der Waals surface area contributed by atoms with Crippen LogP contribution in [0.3, 0.4) is 0 Å². The molecule has 1 aromatic heterocycles. The van der Waals surface area contributed by atoms with Crippen LogP contribution in [-0.4, -0.2) is 0 Å². The zero-order valence-electron chi connectivity index (χ0n) is 8.98. The Bertz CT molecular complexity index is 593. The highest BCUT2D eigenvalue weighted by Crippen LogP contribution is 2.31. The van der Waals surface area contributed by atoms with E-state index in [2.05, 4.69) is 60.4 Å². The summed E-state index contributed by atoms with van der Waals surface area (Å²) in [4.78, 5) is 0. The fraction of sp³-hybridized carbons (Fsp3) is 0.0667. The monoisotopic (exact) mass is 224 g/mol. The van der Waals surface area contributed by atoms with E-state index in [0.29, 0.717) is 0 Å². The smallest absolute Gasteiger partial charge is 0.00155 e. The third kappa shape index (κ3) is 1.77. The molecule has 0 saturated carbocycles. The van der Waals surface area contributed by atoms with Gasteiger partial charge in [0.2, 0.25) is 0 Å². The molecule has 16 heavy (non-hydrogen) atoms. The summed E-state index contributed by atoms with van der Waals surface area (Å²) in [5.41, 5.74) is 1.41. The number of rotatable bonds is 2. The lowest BCUT2D eigenvalue weighted by Crippen LogP contribution is -1.83. The van der Waals surface area contributed by atoms with Crippen molar-refractivity contribution in [2.45, 2.75) is 6.42 Å². The summed E-state index contributed by atoms with van der Waals surface area (Å²) >= 11 is 0. The van der Waals surface area contributed by atoms with Gasteiger partial charge < -0.3 is 0 Å². The number of benzene rings is 2. The maximum atomic E-state index is 2.35. The van der Waals surface area contributed by atoms with Crippen LogP contribution in [0.15, 0.2) is 60.4 Å². The molecule has 0 aliphatic rings. The van der Waals surface area contributed by atoms with Crippen LogP contribution in [0.5, 0.6) is 0 Å². The minimum Gasteiger partial charge on any atom is -0.135 e. The third-order valence-electron chi connectivity index (χ3n) is 2.91. The van der Waals surface area contributed by atoms with Crippen LogP contribution >= 0.6 is 8.19 Å². The van der Waals surface area contributed by atoms with Gasteiger partial charge in [-0.15, -0.1) is 8.19 Å². The van der Waals surface area contributed by atoms with Crippen LogP contribution in [0, 0.1) is 0 Å². The van der Waals surface area contributed by atoms with Gasteiger partial charge in [0.15, 0.2) is 0 Å². The van der Waals surface area contributed by atoms with Gasteiger partial charge in [-0.1, -0.05) is 54.6 Å². The molecular weight excluding hydrogens is 211 g/mol. The van der Waals surface area contributed by atoms with Crippen LogP contribution in [0.25, 0.3) is 10.8 Å². The summed E-state index contributed by atoms with van der Waals surface area (Å²) in [6.07, 6.45) is 1.09. The molecule has 0 saturated heterocycles. The van der Waals surface area contributed by atoms with Crippen molar-refractivity contribution in [3.8, 4) is 0 Å². The van der Waals surface area contributed by atoms with Gasteiger partial charge in [-0.05, 0) is 27.4 Å². The molecule has 0 aliphatic carbocycles. The second-order valence-corrected chi connectivity index (χ2v) is 5.20. The maximum Gasteiger partial charge on any atom is 0.00155 e. The zero-order chi connectivity index (χ0) is 10.8. The van der Waals surface area contributed by atoms with Crippen LogP contribution in [0.1, 0.15) is 10.9 Å². The molecule has 3 rings (SSSR count). The summed E-state index contributed by atoms with van der Waals surface area (Å²) < 4.78 is 0. The van der Waals surface area contributed by atoms with E-state index in [9.17, 15) is 0 Å². The standard InChI is InChI=1S/C15H13P/c1-2-6-12(7-3-1)10-15-14-9-5-4-8-13(14)11-16-15/h1-9,11,16H,10H2. The second-order valence-electron chi connectivity index (χ2n) is 4.02. The fourth-order valence-corrected chi connectivity index (χ4v) is 3.36. The van der Waals surface area contributed by atoms with Crippen LogP contribution < -0.4 is 0 Å². The van der Waals surface area contributed by atoms with Crippen molar-refractivity contribution in [1.82, 2.24) is 0 Å². The van der Waals surface area contributed by atoms with Crippen molar-refractivity contribution in [3.05, 3.63) is 71.3 Å². The van der Waals surface area contributed by atoms with Crippen molar-refractivity contribution >= 4 is 19.0 Å². The van der Waals surface area contributed by atoms with Gasteiger partial charge in [-0.25, -0.2) is 0 Å². The molecule has 1 heterocycles. The van der Waals surface area contributed by atoms with E-state index >= 15 is 0 Å². The van der Waals surface area contributed by atoms with E-state index in [1.165, 1.54) is 16.3 Å². The first-order valence-electron chi connectivity index (χ1n) is 5.52. The van der Waals surface area contributed by atoms with Gasteiger partial charge in [0.1, 0.15) is 0 Å². The minimum absolute atomic E-state index is 0.855. The van der Waals surface area contributed by atoms with Gasteiger partial charge in [0.05, 0.1) is 0 Å². The van der Waals surface area contributed by atoms with E-state index in [4.69, 9.17) is 0 Å². The highest BCUT2D eigenvalue weighted by atomic mass is 31.0. The Morgan fingerprint density at radius 1 is 0.812 bits per heavy atom. The normalized spacial score (nSPS) is 11.2. The van der Waals surface area contributed by atoms with E-state index in [0.717, 1.165) is 14.6 Å². The molecule has 0 N–H and O–H groups in total. The Labute approximate surface area is 97.0 Å². The quantitative estimate of drug-likeness (QED) is 0.602. The molecule has 1 unspecified atom stereocenters. The summed E-state index contributed by atoms with van der Waals surface area (Å²) in [6.45, 7) is 0. The first-order valence-corrected chi connectivity index (χ1v) is 6.60. The lowest BCUT2D eigenvalue weighted by molar-refractivity contribution is 1.26. The predicted octanol–water partition coefficient (Wildman–Crippen LogP) is 4.46. The van der Waals surface area contributed by atoms with Crippen molar-refractivity contribution in [2.24, 2.45) is 0 Å². The second kappa shape index (κ2) is 4.15. The lowest BCUT2D eigenvalue weighted by atomic mass is 10.1. The summed E-state index contributed by atoms with van der Waals surface area (Å²) in [7, 11) is 0.855. The average Bonchev–Trinajstić information content (AvgIpc) is 2.74. The van der Waals surface area contributed by atoms with Crippen LogP contribution in [0.4, 0.5) is 0 Å². The molecule has 0 nitrogen and oxygen atoms in total. The predicted molar refractivity (Wildman–Crippen MR) is 72.7 cm³/mol. The molecule has 0 amide bonds. The van der Waals surface area contributed by atoms with E-state index < -0.39 is 0 Å². The van der Waals surface area contributed by atoms with Gasteiger partial charge in [0.25, 0.3) is 0 Å². The Morgan fingerprint density at radius 2 is 1.56 bits per heavy atom. The molecule has 0 spiro atoms. The Kier molecular flexibility index (Phi) is 2.52. The number of fused-ring (bicyclic) bond motifs is 1.